The summed E-state index contributed by atoms with van der Waals surface area (Å²) in [4.78, 5) is 32.8. The van der Waals surface area contributed by atoms with Gasteiger partial charge < -0.3 is 15.2 Å². The van der Waals surface area contributed by atoms with Gasteiger partial charge in [0.15, 0.2) is 0 Å². The molecule has 6 heteroatoms. The molecule has 3 aromatic rings. The molecular formula is C25H30N4O2. The Balaban J connectivity index is 1.33. The van der Waals surface area contributed by atoms with Crippen molar-refractivity contribution in [3.8, 4) is 0 Å². The van der Waals surface area contributed by atoms with Gasteiger partial charge in [0.05, 0.1) is 6.54 Å². The summed E-state index contributed by atoms with van der Waals surface area (Å²) in [5, 5.41) is 4.12. The maximum absolute atomic E-state index is 13.0. The van der Waals surface area contributed by atoms with E-state index >= 15 is 0 Å². The van der Waals surface area contributed by atoms with E-state index in [2.05, 4.69) is 48.1 Å². The standard InChI is InChI=1S/C25H30N4O2/c1-4-19-7-5-6-8-21(19)27-24(30)16-28-9-11-29(12-10-28)25(31)23-15-20-18(3)13-17(2)14-22(20)26-23/h5-8,13-15,26H,4,9-12,16H2,1-3H3,(H,27,30). The summed E-state index contributed by atoms with van der Waals surface area (Å²) < 4.78 is 0. The average Bonchev–Trinajstić information content (AvgIpc) is 3.18. The van der Waals surface area contributed by atoms with Gasteiger partial charge in [-0.3, -0.25) is 14.5 Å². The van der Waals surface area contributed by atoms with Crippen LogP contribution in [0.3, 0.4) is 0 Å². The molecule has 0 atom stereocenters. The van der Waals surface area contributed by atoms with Crippen LogP contribution in [0.2, 0.25) is 0 Å². The molecule has 1 saturated heterocycles. The van der Waals surface area contributed by atoms with E-state index in [1.807, 2.05) is 35.2 Å². The van der Waals surface area contributed by atoms with E-state index in [1.54, 1.807) is 0 Å². The Bertz CT molecular complexity index is 1110. The lowest BCUT2D eigenvalue weighted by Gasteiger charge is -2.34. The van der Waals surface area contributed by atoms with Crippen molar-refractivity contribution in [3.05, 3.63) is 64.8 Å². The van der Waals surface area contributed by atoms with Crippen LogP contribution in [0.5, 0.6) is 0 Å². The van der Waals surface area contributed by atoms with E-state index in [0.29, 0.717) is 38.4 Å². The van der Waals surface area contributed by atoms with Crippen LogP contribution in [0.25, 0.3) is 10.9 Å². The van der Waals surface area contributed by atoms with Crippen LogP contribution >= 0.6 is 0 Å². The molecule has 2 aromatic carbocycles. The molecule has 1 aromatic heterocycles. The van der Waals surface area contributed by atoms with Gasteiger partial charge >= 0.3 is 0 Å². The van der Waals surface area contributed by atoms with E-state index in [0.717, 1.165) is 28.6 Å². The number of amides is 2. The van der Waals surface area contributed by atoms with E-state index in [1.165, 1.54) is 11.1 Å². The Kier molecular flexibility index (Phi) is 6.09. The molecule has 0 spiro atoms. The minimum atomic E-state index is -0.0119. The first-order valence-corrected chi connectivity index (χ1v) is 10.9. The number of hydrogen-bond acceptors (Lipinski definition) is 3. The summed E-state index contributed by atoms with van der Waals surface area (Å²) >= 11 is 0. The number of fused-ring (bicyclic) bond motifs is 1. The first kappa shape index (κ1) is 21.1. The molecule has 1 fully saturated rings. The number of nitrogens with zero attached hydrogens (tertiary/aromatic N) is 2. The maximum Gasteiger partial charge on any atom is 0.270 e. The zero-order chi connectivity index (χ0) is 22.0. The molecule has 0 saturated carbocycles. The lowest BCUT2D eigenvalue weighted by atomic mass is 10.1. The summed E-state index contributed by atoms with van der Waals surface area (Å²) in [6.07, 6.45) is 0.879. The van der Waals surface area contributed by atoms with Gasteiger partial charge in [0.25, 0.3) is 5.91 Å². The van der Waals surface area contributed by atoms with Crippen LogP contribution in [0.15, 0.2) is 42.5 Å². The number of nitrogens with one attached hydrogen (secondary N) is 2. The van der Waals surface area contributed by atoms with Crippen LogP contribution in [0.1, 0.15) is 34.1 Å². The second-order valence-electron chi connectivity index (χ2n) is 8.35. The van der Waals surface area contributed by atoms with Crippen molar-refractivity contribution in [1.29, 1.82) is 0 Å². The zero-order valence-electron chi connectivity index (χ0n) is 18.5. The number of carbonyl (C=O) groups is 2. The van der Waals surface area contributed by atoms with Gasteiger partial charge in [-0.15, -0.1) is 0 Å². The van der Waals surface area contributed by atoms with Crippen LogP contribution in [0.4, 0.5) is 5.69 Å². The van der Waals surface area contributed by atoms with E-state index in [4.69, 9.17) is 0 Å². The highest BCUT2D eigenvalue weighted by Crippen LogP contribution is 2.22. The monoisotopic (exact) mass is 418 g/mol. The molecule has 2 heterocycles. The van der Waals surface area contributed by atoms with Crippen molar-refractivity contribution in [2.75, 3.05) is 38.0 Å². The van der Waals surface area contributed by atoms with Crippen molar-refractivity contribution in [3.63, 3.8) is 0 Å². The summed E-state index contributed by atoms with van der Waals surface area (Å²) in [6.45, 7) is 9.16. The molecule has 0 bridgehead atoms. The topological polar surface area (TPSA) is 68.4 Å². The number of para-hydroxylation sites is 1. The molecule has 0 radical (unpaired) electrons. The van der Waals surface area contributed by atoms with E-state index in [9.17, 15) is 9.59 Å². The van der Waals surface area contributed by atoms with Gasteiger partial charge in [0.1, 0.15) is 5.69 Å². The Hall–Kier alpha value is -3.12. The molecule has 2 amide bonds. The third kappa shape index (κ3) is 4.64. The number of H-pyrrole nitrogens is 1. The number of anilines is 1. The van der Waals surface area contributed by atoms with Crippen molar-refractivity contribution in [1.82, 2.24) is 14.8 Å². The number of piperazine rings is 1. The van der Waals surface area contributed by atoms with E-state index in [-0.39, 0.29) is 11.8 Å². The smallest absolute Gasteiger partial charge is 0.270 e. The number of aromatic nitrogens is 1. The van der Waals surface area contributed by atoms with Gasteiger partial charge in [0.2, 0.25) is 5.91 Å². The largest absolute Gasteiger partial charge is 0.351 e. The predicted octanol–water partition coefficient (Wildman–Crippen LogP) is 3.74. The number of hydrogen-bond donors (Lipinski definition) is 2. The summed E-state index contributed by atoms with van der Waals surface area (Å²) in [5.41, 5.74) is 6.00. The summed E-state index contributed by atoms with van der Waals surface area (Å²) in [7, 11) is 0. The highest BCUT2D eigenvalue weighted by atomic mass is 16.2. The van der Waals surface area contributed by atoms with Crippen molar-refractivity contribution in [2.24, 2.45) is 0 Å². The molecule has 0 unspecified atom stereocenters. The number of benzene rings is 2. The second-order valence-corrected chi connectivity index (χ2v) is 8.35. The Morgan fingerprint density at radius 2 is 1.77 bits per heavy atom. The Morgan fingerprint density at radius 3 is 2.52 bits per heavy atom. The molecule has 31 heavy (non-hydrogen) atoms. The van der Waals surface area contributed by atoms with Crippen LogP contribution < -0.4 is 5.32 Å². The van der Waals surface area contributed by atoms with Crippen molar-refractivity contribution in [2.45, 2.75) is 27.2 Å². The van der Waals surface area contributed by atoms with Gasteiger partial charge in [-0.05, 0) is 55.2 Å². The highest BCUT2D eigenvalue weighted by Gasteiger charge is 2.24. The Labute approximate surface area is 183 Å². The first-order valence-electron chi connectivity index (χ1n) is 10.9. The summed E-state index contributed by atoms with van der Waals surface area (Å²) in [6, 6.07) is 14.1. The average molecular weight is 419 g/mol. The lowest BCUT2D eigenvalue weighted by Crippen LogP contribution is -2.50. The third-order valence-corrected chi connectivity index (χ3v) is 6.02. The van der Waals surface area contributed by atoms with Crippen molar-refractivity contribution >= 4 is 28.4 Å². The van der Waals surface area contributed by atoms with Gasteiger partial charge in [-0.1, -0.05) is 31.2 Å². The van der Waals surface area contributed by atoms with Crippen LogP contribution in [-0.4, -0.2) is 59.3 Å². The minimum Gasteiger partial charge on any atom is -0.351 e. The fourth-order valence-corrected chi connectivity index (χ4v) is 4.34. The fraction of sp³-hybridized carbons (Fsp3) is 0.360. The van der Waals surface area contributed by atoms with Crippen LogP contribution in [-0.2, 0) is 11.2 Å². The maximum atomic E-state index is 13.0. The quantitative estimate of drug-likeness (QED) is 0.663. The number of aromatic amines is 1. The fourth-order valence-electron chi connectivity index (χ4n) is 4.34. The van der Waals surface area contributed by atoms with Crippen LogP contribution in [0, 0.1) is 13.8 Å². The van der Waals surface area contributed by atoms with Gasteiger partial charge in [-0.2, -0.15) is 0 Å². The molecule has 6 nitrogen and oxygen atoms in total. The molecule has 4 rings (SSSR count). The number of carbonyl (C=O) groups excluding carboxylic acids is 2. The van der Waals surface area contributed by atoms with Gasteiger partial charge in [0, 0.05) is 42.8 Å². The number of aryl methyl sites for hydroxylation is 3. The predicted molar refractivity (Wildman–Crippen MR) is 125 cm³/mol. The third-order valence-electron chi connectivity index (χ3n) is 6.02. The minimum absolute atomic E-state index is 0.0119. The molecule has 1 aliphatic heterocycles. The molecule has 1 aliphatic rings. The normalized spacial score (nSPS) is 14.7. The Morgan fingerprint density at radius 1 is 1.03 bits per heavy atom. The zero-order valence-corrected chi connectivity index (χ0v) is 18.5. The highest BCUT2D eigenvalue weighted by molar-refractivity contribution is 5.99. The molecular weight excluding hydrogens is 388 g/mol. The molecule has 0 aliphatic carbocycles. The van der Waals surface area contributed by atoms with Crippen molar-refractivity contribution < 1.29 is 9.59 Å². The second kappa shape index (κ2) is 8.94. The van der Waals surface area contributed by atoms with E-state index < -0.39 is 0 Å². The summed E-state index contributed by atoms with van der Waals surface area (Å²) in [5.74, 6) is 0.0105. The molecule has 2 N–H and O–H groups in total. The SMILES string of the molecule is CCc1ccccc1NC(=O)CN1CCN(C(=O)c2cc3c(C)cc(C)cc3[nH]2)CC1. The van der Waals surface area contributed by atoms with Gasteiger partial charge in [-0.25, -0.2) is 0 Å². The molecule has 162 valence electrons. The lowest BCUT2D eigenvalue weighted by molar-refractivity contribution is -0.117. The first-order chi connectivity index (χ1) is 14.9. The number of rotatable bonds is 5.